The Morgan fingerprint density at radius 2 is 1.97 bits per heavy atom. The summed E-state index contributed by atoms with van der Waals surface area (Å²) in [5.41, 5.74) is 3.40. The Bertz CT molecular complexity index is 1220. The molecule has 5 rings (SSSR count). The van der Waals surface area contributed by atoms with Crippen molar-refractivity contribution in [1.82, 2.24) is 19.8 Å². The van der Waals surface area contributed by atoms with Crippen LogP contribution >= 0.6 is 12.2 Å². The van der Waals surface area contributed by atoms with Crippen LogP contribution in [0.4, 0.5) is 13.2 Å². The number of aryl methyl sites for hydroxylation is 1. The van der Waals surface area contributed by atoms with E-state index < -0.39 is 11.7 Å². The number of hydrogen-bond acceptors (Lipinski definition) is 3. The average molecular weight is 501 g/mol. The maximum atomic E-state index is 13.4. The van der Waals surface area contributed by atoms with Crippen LogP contribution in [0.5, 0.6) is 0 Å². The third-order valence-electron chi connectivity index (χ3n) is 6.84. The molecule has 2 aliphatic heterocycles. The second kappa shape index (κ2) is 9.28. The summed E-state index contributed by atoms with van der Waals surface area (Å²) >= 11 is 5.76. The summed E-state index contributed by atoms with van der Waals surface area (Å²) < 4.78 is 48.0. The normalized spacial score (nSPS) is 22.6. The number of thiocarbonyl (C=S) groups is 1. The molecule has 5 nitrogen and oxygen atoms in total. The fraction of sp³-hybridized carbons (Fsp3) is 0.385. The number of halogens is 3. The summed E-state index contributed by atoms with van der Waals surface area (Å²) in [6, 6.07) is 12.9. The Kier molecular flexibility index (Phi) is 6.31. The smallest absolute Gasteiger partial charge is 0.376 e. The van der Waals surface area contributed by atoms with Gasteiger partial charge in [0.15, 0.2) is 5.11 Å². The van der Waals surface area contributed by atoms with Crippen molar-refractivity contribution in [1.29, 1.82) is 0 Å². The molecule has 1 N–H and O–H groups in total. The maximum Gasteiger partial charge on any atom is 0.416 e. The van der Waals surface area contributed by atoms with Crippen molar-refractivity contribution in [3.63, 3.8) is 0 Å². The fourth-order valence-electron chi connectivity index (χ4n) is 5.25. The predicted molar refractivity (Wildman–Crippen MR) is 131 cm³/mol. The van der Waals surface area contributed by atoms with Crippen LogP contribution in [0.25, 0.3) is 5.69 Å². The number of alkyl halides is 3. The molecule has 2 aromatic heterocycles. The molecule has 3 atom stereocenters. The second-order valence-corrected chi connectivity index (χ2v) is 9.51. The van der Waals surface area contributed by atoms with Gasteiger partial charge in [0.25, 0.3) is 0 Å². The van der Waals surface area contributed by atoms with Gasteiger partial charge >= 0.3 is 6.18 Å². The van der Waals surface area contributed by atoms with Gasteiger partial charge in [-0.05, 0) is 80.9 Å². The van der Waals surface area contributed by atoms with E-state index in [-0.39, 0.29) is 18.2 Å². The van der Waals surface area contributed by atoms with E-state index in [0.29, 0.717) is 17.3 Å². The minimum Gasteiger partial charge on any atom is -0.376 e. The van der Waals surface area contributed by atoms with Gasteiger partial charge in [-0.15, -0.1) is 0 Å². The zero-order valence-electron chi connectivity index (χ0n) is 19.5. The van der Waals surface area contributed by atoms with E-state index in [2.05, 4.69) is 15.2 Å². The van der Waals surface area contributed by atoms with Crippen LogP contribution in [0.3, 0.4) is 0 Å². The quantitative estimate of drug-likeness (QED) is 0.458. The predicted octanol–water partition coefficient (Wildman–Crippen LogP) is 5.66. The molecule has 0 radical (unpaired) electrons. The first-order chi connectivity index (χ1) is 16.7. The number of nitrogens with one attached hydrogen (secondary N) is 1. The van der Waals surface area contributed by atoms with Crippen LogP contribution in [-0.2, 0) is 10.9 Å². The van der Waals surface area contributed by atoms with Crippen LogP contribution in [0.15, 0.2) is 54.7 Å². The molecule has 2 saturated heterocycles. The van der Waals surface area contributed by atoms with E-state index in [0.717, 1.165) is 48.2 Å². The minimum absolute atomic E-state index is 0.0895. The van der Waals surface area contributed by atoms with Gasteiger partial charge in [-0.25, -0.2) is 0 Å². The van der Waals surface area contributed by atoms with Crippen molar-refractivity contribution in [2.45, 2.75) is 51.1 Å². The number of ether oxygens (including phenoxy) is 1. The zero-order valence-corrected chi connectivity index (χ0v) is 20.4. The average Bonchev–Trinajstić information content (AvgIpc) is 3.53. The topological polar surface area (TPSA) is 42.3 Å². The van der Waals surface area contributed by atoms with Crippen LogP contribution < -0.4 is 5.32 Å². The first kappa shape index (κ1) is 23.8. The van der Waals surface area contributed by atoms with Crippen molar-refractivity contribution < 1.29 is 17.9 Å². The van der Waals surface area contributed by atoms with Gasteiger partial charge in [-0.3, -0.25) is 4.98 Å². The van der Waals surface area contributed by atoms with Gasteiger partial charge in [0, 0.05) is 36.4 Å². The van der Waals surface area contributed by atoms with Crippen LogP contribution in [-0.4, -0.2) is 38.8 Å². The van der Waals surface area contributed by atoms with Crippen LogP contribution in [0, 0.1) is 13.8 Å². The highest BCUT2D eigenvalue weighted by atomic mass is 32.1. The molecule has 35 heavy (non-hydrogen) atoms. The number of nitrogens with zero attached hydrogens (tertiary/aromatic N) is 3. The van der Waals surface area contributed by atoms with E-state index in [1.165, 1.54) is 12.1 Å². The first-order valence-electron chi connectivity index (χ1n) is 11.7. The number of hydrogen-bond donors (Lipinski definition) is 1. The summed E-state index contributed by atoms with van der Waals surface area (Å²) in [5.74, 6) is 0. The van der Waals surface area contributed by atoms with Crippen molar-refractivity contribution >= 4 is 17.3 Å². The lowest BCUT2D eigenvalue weighted by Gasteiger charge is -2.30. The van der Waals surface area contributed by atoms with E-state index in [9.17, 15) is 13.2 Å². The molecule has 0 spiro atoms. The van der Waals surface area contributed by atoms with Crippen molar-refractivity contribution in [2.75, 3.05) is 13.2 Å². The molecule has 184 valence electrons. The molecule has 3 aromatic rings. The van der Waals surface area contributed by atoms with Gasteiger partial charge in [-0.2, -0.15) is 13.2 Å². The number of aromatic nitrogens is 2. The molecule has 2 fully saturated rings. The Hall–Kier alpha value is -2.91. The molecule has 0 aliphatic carbocycles. The summed E-state index contributed by atoms with van der Waals surface area (Å²) in [6.45, 7) is 5.26. The first-order valence-corrected chi connectivity index (χ1v) is 12.1. The molecule has 0 saturated carbocycles. The Labute approximate surface area is 207 Å². The van der Waals surface area contributed by atoms with E-state index in [1.807, 2.05) is 42.7 Å². The zero-order chi connectivity index (χ0) is 24.7. The number of benzene rings is 1. The number of rotatable bonds is 5. The van der Waals surface area contributed by atoms with Crippen LogP contribution in [0.1, 0.15) is 53.1 Å². The van der Waals surface area contributed by atoms with Gasteiger partial charge in [0.1, 0.15) is 0 Å². The fourth-order valence-corrected chi connectivity index (χ4v) is 5.57. The third kappa shape index (κ3) is 4.54. The van der Waals surface area contributed by atoms with Gasteiger partial charge in [0.05, 0.1) is 29.4 Å². The van der Waals surface area contributed by atoms with Crippen LogP contribution in [0.2, 0.25) is 0 Å². The van der Waals surface area contributed by atoms with E-state index in [1.54, 1.807) is 12.3 Å². The number of pyridine rings is 1. The molecule has 9 heteroatoms. The summed E-state index contributed by atoms with van der Waals surface area (Å²) in [7, 11) is 0. The van der Waals surface area contributed by atoms with Crippen molar-refractivity contribution in [2.24, 2.45) is 0 Å². The monoisotopic (exact) mass is 500 g/mol. The SMILES string of the molecule is Cc1cc([C@@H]2[C@@H](c3ccccn3)NC(=S)N2C[C@@H]2CCCO2)c(C)n1-c1cccc(C(F)(F)F)c1. The summed E-state index contributed by atoms with van der Waals surface area (Å²) in [4.78, 5) is 6.74. The molecular weight excluding hydrogens is 473 g/mol. The van der Waals surface area contributed by atoms with Gasteiger partial charge in [-0.1, -0.05) is 12.1 Å². The molecule has 2 aliphatic rings. The van der Waals surface area contributed by atoms with Crippen molar-refractivity contribution in [3.05, 3.63) is 82.9 Å². The van der Waals surface area contributed by atoms with Gasteiger partial charge < -0.3 is 19.5 Å². The highest BCUT2D eigenvalue weighted by Crippen LogP contribution is 2.42. The third-order valence-corrected chi connectivity index (χ3v) is 7.20. The Morgan fingerprint density at radius 1 is 1.14 bits per heavy atom. The lowest BCUT2D eigenvalue weighted by molar-refractivity contribution is -0.137. The molecule has 1 aromatic carbocycles. The molecule has 0 unspecified atom stereocenters. The molecule has 0 amide bonds. The van der Waals surface area contributed by atoms with E-state index in [4.69, 9.17) is 17.0 Å². The molecule has 4 heterocycles. The highest BCUT2D eigenvalue weighted by molar-refractivity contribution is 7.80. The maximum absolute atomic E-state index is 13.4. The molecular formula is C26H27F3N4OS. The lowest BCUT2D eigenvalue weighted by Crippen LogP contribution is -2.36. The van der Waals surface area contributed by atoms with Crippen molar-refractivity contribution in [3.8, 4) is 5.69 Å². The second-order valence-electron chi connectivity index (χ2n) is 9.12. The van der Waals surface area contributed by atoms with E-state index >= 15 is 0 Å². The largest absolute Gasteiger partial charge is 0.416 e. The summed E-state index contributed by atoms with van der Waals surface area (Å²) in [6.07, 6.45) is -0.560. The standard InChI is InChI=1S/C26H27F3N4OS/c1-16-13-21(17(2)33(16)19-8-5-7-18(14-19)26(27,28)29)24-23(22-10-3-4-11-30-22)31-25(35)32(24)15-20-9-6-12-34-20/h3-5,7-8,10-11,13-14,20,23-24H,6,9,12,15H2,1-2H3,(H,31,35)/t20-,23+,24+/m0/s1. The van der Waals surface area contributed by atoms with Gasteiger partial charge in [0.2, 0.25) is 0 Å². The Morgan fingerprint density at radius 3 is 2.66 bits per heavy atom. The lowest BCUT2D eigenvalue weighted by atomic mass is 9.96. The Balaban J connectivity index is 1.59. The highest BCUT2D eigenvalue weighted by Gasteiger charge is 2.42. The summed E-state index contributed by atoms with van der Waals surface area (Å²) in [5, 5.41) is 4.08. The minimum atomic E-state index is -4.41. The molecule has 0 bridgehead atoms.